The number of hydrogen-bond acceptors (Lipinski definition) is 2. The van der Waals surface area contributed by atoms with E-state index in [1.54, 1.807) is 0 Å². The third-order valence-electron chi connectivity index (χ3n) is 4.39. The lowest BCUT2D eigenvalue weighted by Gasteiger charge is -2.28. The summed E-state index contributed by atoms with van der Waals surface area (Å²) >= 11 is 0. The van der Waals surface area contributed by atoms with Gasteiger partial charge in [-0.15, -0.1) is 0 Å². The van der Waals surface area contributed by atoms with Crippen molar-refractivity contribution in [3.63, 3.8) is 0 Å². The number of rotatable bonds is 3. The molecule has 0 aromatic heterocycles. The van der Waals surface area contributed by atoms with Crippen LogP contribution in [0.1, 0.15) is 51.4 Å². The molecule has 1 saturated carbocycles. The lowest BCUT2D eigenvalue weighted by Crippen LogP contribution is -2.37. The van der Waals surface area contributed by atoms with Crippen molar-refractivity contribution in [3.05, 3.63) is 0 Å². The topological polar surface area (TPSA) is 32.3 Å². The van der Waals surface area contributed by atoms with E-state index in [2.05, 4.69) is 5.32 Å². The first kappa shape index (κ1) is 12.9. The summed E-state index contributed by atoms with van der Waals surface area (Å²) in [6.07, 6.45) is 9.65. The third-order valence-corrected chi connectivity index (χ3v) is 4.39. The second kappa shape index (κ2) is 6.39. The summed E-state index contributed by atoms with van der Waals surface area (Å²) in [6.45, 7) is 2.12. The van der Waals surface area contributed by atoms with Crippen LogP contribution in [0.15, 0.2) is 0 Å². The number of amides is 1. The number of nitrogens with one attached hydrogen (secondary N) is 1. The predicted molar refractivity (Wildman–Crippen MR) is 69.9 cm³/mol. The van der Waals surface area contributed by atoms with Gasteiger partial charge in [-0.1, -0.05) is 25.7 Å². The summed E-state index contributed by atoms with van der Waals surface area (Å²) in [5.41, 5.74) is 0. The maximum absolute atomic E-state index is 12.2. The summed E-state index contributed by atoms with van der Waals surface area (Å²) < 4.78 is 0. The molecule has 98 valence electrons. The average Bonchev–Trinajstić information content (AvgIpc) is 2.68. The average molecular weight is 238 g/mol. The molecule has 17 heavy (non-hydrogen) atoms. The second-order valence-corrected chi connectivity index (χ2v) is 5.71. The van der Waals surface area contributed by atoms with Gasteiger partial charge in [-0.25, -0.2) is 0 Å². The van der Waals surface area contributed by atoms with Crippen LogP contribution in [0.2, 0.25) is 0 Å². The Morgan fingerprint density at radius 3 is 2.47 bits per heavy atom. The molecular weight excluding hydrogens is 212 g/mol. The normalized spacial score (nSPS) is 26.8. The monoisotopic (exact) mass is 238 g/mol. The summed E-state index contributed by atoms with van der Waals surface area (Å²) in [6, 6.07) is 0.513. The van der Waals surface area contributed by atoms with Crippen molar-refractivity contribution in [2.24, 2.45) is 5.92 Å². The van der Waals surface area contributed by atoms with Crippen molar-refractivity contribution >= 4 is 5.91 Å². The maximum Gasteiger partial charge on any atom is 0.222 e. The molecule has 3 heteroatoms. The Morgan fingerprint density at radius 1 is 1.18 bits per heavy atom. The first-order chi connectivity index (χ1) is 8.27. The Balaban J connectivity index is 1.80. The first-order valence-corrected chi connectivity index (χ1v) is 7.24. The smallest absolute Gasteiger partial charge is 0.222 e. The van der Waals surface area contributed by atoms with Crippen LogP contribution in [-0.2, 0) is 4.79 Å². The van der Waals surface area contributed by atoms with Crippen molar-refractivity contribution in [2.75, 3.05) is 20.1 Å². The van der Waals surface area contributed by atoms with Crippen LogP contribution in [0.25, 0.3) is 0 Å². The molecule has 0 aromatic rings. The largest absolute Gasteiger partial charge is 0.343 e. The van der Waals surface area contributed by atoms with E-state index in [4.69, 9.17) is 0 Å². The highest BCUT2D eigenvalue weighted by Gasteiger charge is 2.24. The Hall–Kier alpha value is -0.570. The standard InChI is InChI=1S/C14H26N2O/c1-16(13-6-4-2-3-5-7-13)14(17)10-12-8-9-15-11-12/h12-13,15H,2-11H2,1H3. The van der Waals surface area contributed by atoms with Crippen molar-refractivity contribution < 1.29 is 4.79 Å². The zero-order valence-corrected chi connectivity index (χ0v) is 11.1. The van der Waals surface area contributed by atoms with Gasteiger partial charge in [0, 0.05) is 19.5 Å². The molecule has 2 fully saturated rings. The van der Waals surface area contributed by atoms with Crippen molar-refractivity contribution in [2.45, 2.75) is 57.4 Å². The number of hydrogen-bond donors (Lipinski definition) is 1. The van der Waals surface area contributed by atoms with Gasteiger partial charge in [-0.2, -0.15) is 0 Å². The van der Waals surface area contributed by atoms with Crippen LogP contribution in [0.5, 0.6) is 0 Å². The fourth-order valence-electron chi connectivity index (χ4n) is 3.13. The van der Waals surface area contributed by atoms with E-state index in [1.165, 1.54) is 44.9 Å². The van der Waals surface area contributed by atoms with Crippen LogP contribution in [0.4, 0.5) is 0 Å². The molecule has 1 saturated heterocycles. The Labute approximate surface area is 105 Å². The molecule has 2 rings (SSSR count). The maximum atomic E-state index is 12.2. The highest BCUT2D eigenvalue weighted by atomic mass is 16.2. The minimum Gasteiger partial charge on any atom is -0.343 e. The van der Waals surface area contributed by atoms with Crippen molar-refractivity contribution in [1.82, 2.24) is 10.2 Å². The lowest BCUT2D eigenvalue weighted by molar-refractivity contribution is -0.133. The zero-order chi connectivity index (χ0) is 12.1. The van der Waals surface area contributed by atoms with E-state index in [-0.39, 0.29) is 0 Å². The third kappa shape index (κ3) is 3.70. The summed E-state index contributed by atoms with van der Waals surface area (Å²) in [4.78, 5) is 14.3. The molecule has 1 heterocycles. The molecule has 1 amide bonds. The van der Waals surface area contributed by atoms with E-state index in [9.17, 15) is 4.79 Å². The van der Waals surface area contributed by atoms with Crippen molar-refractivity contribution in [3.8, 4) is 0 Å². The highest BCUT2D eigenvalue weighted by molar-refractivity contribution is 5.76. The quantitative estimate of drug-likeness (QED) is 0.764. The van der Waals surface area contributed by atoms with E-state index in [0.717, 1.165) is 19.5 Å². The van der Waals surface area contributed by atoms with Gasteiger partial charge in [-0.3, -0.25) is 4.79 Å². The predicted octanol–water partition coefficient (Wildman–Crippen LogP) is 2.17. The summed E-state index contributed by atoms with van der Waals surface area (Å²) in [5, 5.41) is 3.34. The van der Waals surface area contributed by atoms with Gasteiger partial charge in [0.05, 0.1) is 0 Å². The van der Waals surface area contributed by atoms with Crippen LogP contribution in [-0.4, -0.2) is 37.0 Å². The Kier molecular flexibility index (Phi) is 4.84. The number of nitrogens with zero attached hydrogens (tertiary/aromatic N) is 1. The summed E-state index contributed by atoms with van der Waals surface area (Å²) in [5.74, 6) is 0.946. The molecule has 0 spiro atoms. The van der Waals surface area contributed by atoms with Gasteiger partial charge in [0.1, 0.15) is 0 Å². The van der Waals surface area contributed by atoms with Crippen LogP contribution < -0.4 is 5.32 Å². The number of carbonyl (C=O) groups is 1. The molecule has 1 aliphatic heterocycles. The van der Waals surface area contributed by atoms with Crippen molar-refractivity contribution in [1.29, 1.82) is 0 Å². The Morgan fingerprint density at radius 2 is 1.88 bits per heavy atom. The SMILES string of the molecule is CN(C(=O)CC1CCNC1)C1CCCCCC1. The molecule has 2 aliphatic rings. The molecule has 1 N–H and O–H groups in total. The molecule has 1 atom stereocenters. The van der Waals surface area contributed by atoms with E-state index in [0.29, 0.717) is 17.9 Å². The van der Waals surface area contributed by atoms with Gasteiger partial charge >= 0.3 is 0 Å². The van der Waals surface area contributed by atoms with Crippen LogP contribution >= 0.6 is 0 Å². The molecule has 0 aromatic carbocycles. The Bertz CT molecular complexity index is 241. The lowest BCUT2D eigenvalue weighted by atomic mass is 10.0. The fraction of sp³-hybridized carbons (Fsp3) is 0.929. The van der Waals surface area contributed by atoms with E-state index < -0.39 is 0 Å². The van der Waals surface area contributed by atoms with Crippen LogP contribution in [0.3, 0.4) is 0 Å². The number of carbonyl (C=O) groups excluding carboxylic acids is 1. The molecular formula is C14H26N2O. The summed E-state index contributed by atoms with van der Waals surface area (Å²) in [7, 11) is 2.01. The minimum absolute atomic E-state index is 0.366. The van der Waals surface area contributed by atoms with Gasteiger partial charge in [-0.05, 0) is 38.3 Å². The minimum atomic E-state index is 0.366. The molecule has 1 unspecified atom stereocenters. The molecule has 1 aliphatic carbocycles. The zero-order valence-electron chi connectivity index (χ0n) is 11.1. The van der Waals surface area contributed by atoms with E-state index >= 15 is 0 Å². The second-order valence-electron chi connectivity index (χ2n) is 5.71. The fourth-order valence-corrected chi connectivity index (χ4v) is 3.13. The molecule has 0 bridgehead atoms. The molecule has 0 radical (unpaired) electrons. The van der Waals surface area contributed by atoms with Crippen LogP contribution in [0, 0.1) is 5.92 Å². The van der Waals surface area contributed by atoms with Gasteiger partial charge < -0.3 is 10.2 Å². The highest BCUT2D eigenvalue weighted by Crippen LogP contribution is 2.22. The molecule has 3 nitrogen and oxygen atoms in total. The van der Waals surface area contributed by atoms with E-state index in [1.807, 2.05) is 11.9 Å². The first-order valence-electron chi connectivity index (χ1n) is 7.24. The van der Waals surface area contributed by atoms with Gasteiger partial charge in [0.2, 0.25) is 5.91 Å². The van der Waals surface area contributed by atoms with Gasteiger partial charge in [0.25, 0.3) is 0 Å². The van der Waals surface area contributed by atoms with Gasteiger partial charge in [0.15, 0.2) is 0 Å².